The van der Waals surface area contributed by atoms with Crippen molar-refractivity contribution in [3.8, 4) is 0 Å². The van der Waals surface area contributed by atoms with Crippen LogP contribution in [0, 0.1) is 34.0 Å². The van der Waals surface area contributed by atoms with E-state index in [0.29, 0.717) is 24.8 Å². The summed E-state index contributed by atoms with van der Waals surface area (Å²) in [7, 11) is 2.97. The number of nitrogens with two attached hydrogens (primary N) is 1. The SMILES string of the molecule is CC(C)SC1CC(=O)N(CCC(=O)NCC(=O)N[C@@H](CCC(=O)O)C(=O)Nc2ccc(COC(=O)N(C)CCN(C)C(=O)OCC(=O)[C@@]34O[C@H](c5ccc(CC67CC(N)(C6)C7)cc5)O[C@@H]3C[C@H]3[C@@H]5CCC6=CC(=O)C=C[C@]6(C)[C@H]5[C@@H](O)C[C@@]34C)cc2)C1=O. The number of Topliss-reactive ketones (excluding diaryl/α,β-unsaturated/α-hetero) is 1. The van der Waals surface area contributed by atoms with E-state index in [1.54, 1.807) is 24.3 Å². The number of carboxylic acid groups (broad SMARTS) is 1. The maximum absolute atomic E-state index is 15.1. The number of amides is 7. The standard InChI is InChI=1S/C64H81N7O16S/c1-36(2)88-47-27-52(77)71(56(47)81)22-20-50(75)66-30-51(76)68-45(17-18-53(78)79)55(80)67-41-14-9-38(10-15-41)31-84-58(82)69(5)23-24-70(6)59(83)85-32-48(74)64-49(86-57(87-64)39-11-7-37(8-12-39)28-62-33-63(65,34-62)35-62)26-44-43-16-13-40-25-42(72)19-21-60(40,3)54(43)46(73)29-61(44,64)4/h7-12,14-15,19,21,25,36,43-47,49,54,57,73H,13,16-18,20,22-24,26-35,65H2,1-6H3,(H,66,75)(H,67,80)(H,68,76)(H,78,79)/t43-,44-,45-,46-,47?,49+,54+,57+,60-,61-,62?,63?,64+/m0/s1. The third-order valence-corrected chi connectivity index (χ3v) is 21.2. The van der Waals surface area contributed by atoms with Gasteiger partial charge in [0.15, 0.2) is 24.3 Å². The first-order chi connectivity index (χ1) is 41.6. The van der Waals surface area contributed by atoms with E-state index in [0.717, 1.165) is 41.7 Å². The molecule has 7 aliphatic carbocycles. The third-order valence-electron chi connectivity index (χ3n) is 19.9. The number of hydrogen-bond donors (Lipinski definition) is 6. The van der Waals surface area contributed by atoms with Crippen molar-refractivity contribution in [3.63, 3.8) is 0 Å². The van der Waals surface area contributed by atoms with E-state index in [4.69, 9.17) is 24.7 Å². The lowest BCUT2D eigenvalue weighted by molar-refractivity contribution is -0.201. The highest BCUT2D eigenvalue weighted by atomic mass is 32.2. The molecule has 11 rings (SSSR count). The fourth-order valence-electron chi connectivity index (χ4n) is 15.8. The largest absolute Gasteiger partial charge is 0.481 e. The Morgan fingerprint density at radius 2 is 1.57 bits per heavy atom. The number of imide groups is 1. The van der Waals surface area contributed by atoms with Gasteiger partial charge in [-0.3, -0.25) is 43.3 Å². The molecule has 0 aromatic heterocycles. The molecule has 2 saturated heterocycles. The number of carboxylic acids is 1. The Kier molecular flexibility index (Phi) is 18.3. The number of anilines is 1. The number of hydrogen-bond acceptors (Lipinski definition) is 17. The lowest BCUT2D eigenvalue weighted by Gasteiger charge is -2.69. The summed E-state index contributed by atoms with van der Waals surface area (Å²) in [4.78, 5) is 133. The Labute approximate surface area is 515 Å². The molecule has 23 nitrogen and oxygen atoms in total. The molecule has 6 saturated carbocycles. The van der Waals surface area contributed by atoms with Crippen molar-refractivity contribution >= 4 is 76.7 Å². The van der Waals surface area contributed by atoms with Crippen LogP contribution in [-0.4, -0.2) is 171 Å². The van der Waals surface area contributed by atoms with Gasteiger partial charge in [-0.05, 0) is 116 Å². The minimum Gasteiger partial charge on any atom is -0.481 e. The first-order valence-corrected chi connectivity index (χ1v) is 31.4. The number of ketones is 2. The topological polar surface area (TPSA) is 320 Å². The number of allylic oxidation sites excluding steroid dienone is 4. The quantitative estimate of drug-likeness (QED) is 0.0743. The van der Waals surface area contributed by atoms with Crippen LogP contribution in [0.4, 0.5) is 15.3 Å². The minimum atomic E-state index is -1.59. The Morgan fingerprint density at radius 3 is 2.23 bits per heavy atom. The number of carbonyl (C=O) groups is 10. The molecule has 7 amide bonds. The van der Waals surface area contributed by atoms with Crippen LogP contribution >= 0.6 is 11.8 Å². The molecule has 2 aliphatic heterocycles. The molecule has 11 atom stereocenters. The molecule has 88 heavy (non-hydrogen) atoms. The van der Waals surface area contributed by atoms with Crippen LogP contribution in [0.1, 0.15) is 121 Å². The minimum absolute atomic E-state index is 0.00222. The van der Waals surface area contributed by atoms with Crippen LogP contribution in [-0.2, 0) is 70.3 Å². The molecule has 0 radical (unpaired) electrons. The van der Waals surface area contributed by atoms with Gasteiger partial charge in [0.25, 0.3) is 0 Å². The van der Waals surface area contributed by atoms with Gasteiger partial charge in [0.1, 0.15) is 12.6 Å². The van der Waals surface area contributed by atoms with Crippen LogP contribution in [0.5, 0.6) is 0 Å². The summed E-state index contributed by atoms with van der Waals surface area (Å²) in [6.45, 7) is 6.43. The predicted octanol–water partition coefficient (Wildman–Crippen LogP) is 5.12. The number of aliphatic hydroxyl groups excluding tert-OH is 1. The number of likely N-dealkylation sites (tertiary alicyclic amines) is 1. The van der Waals surface area contributed by atoms with Crippen LogP contribution < -0.4 is 21.7 Å². The number of ether oxygens (including phenoxy) is 4. The molecule has 2 heterocycles. The van der Waals surface area contributed by atoms with Crippen LogP contribution in [0.2, 0.25) is 0 Å². The number of thioether (sulfide) groups is 1. The molecule has 1 unspecified atom stereocenters. The van der Waals surface area contributed by atoms with Crippen LogP contribution in [0.3, 0.4) is 0 Å². The van der Waals surface area contributed by atoms with E-state index in [2.05, 4.69) is 35.0 Å². The Bertz CT molecular complexity index is 3170. The summed E-state index contributed by atoms with van der Waals surface area (Å²) < 4.78 is 25.1. The normalized spacial score (nSPS) is 31.6. The average Bonchev–Trinajstić information content (AvgIpc) is 1.37. The number of carbonyl (C=O) groups excluding carboxylic acids is 9. The van der Waals surface area contributed by atoms with Crippen molar-refractivity contribution in [1.29, 1.82) is 0 Å². The van der Waals surface area contributed by atoms with E-state index < -0.39 is 107 Å². The van der Waals surface area contributed by atoms with Gasteiger partial charge in [-0.25, -0.2) is 9.59 Å². The highest BCUT2D eigenvalue weighted by Crippen LogP contribution is 2.71. The monoisotopic (exact) mass is 1240 g/mol. The lowest BCUT2D eigenvalue weighted by Crippen LogP contribution is -2.72. The Balaban J connectivity index is 0.694. The summed E-state index contributed by atoms with van der Waals surface area (Å²) >= 11 is 1.37. The summed E-state index contributed by atoms with van der Waals surface area (Å²) in [6.07, 6.45) is 6.45. The smallest absolute Gasteiger partial charge is 0.409 e. The molecule has 474 valence electrons. The summed E-state index contributed by atoms with van der Waals surface area (Å²) in [5, 5.41) is 28.7. The van der Waals surface area contributed by atoms with Crippen molar-refractivity contribution < 1.29 is 77.1 Å². The molecule has 2 aromatic rings. The number of nitrogens with one attached hydrogen (secondary N) is 3. The molecule has 8 fully saturated rings. The van der Waals surface area contributed by atoms with Gasteiger partial charge >= 0.3 is 18.2 Å². The molecule has 2 bridgehead atoms. The van der Waals surface area contributed by atoms with E-state index in [-0.39, 0.29) is 109 Å². The molecular weight excluding hydrogens is 1150 g/mol. The summed E-state index contributed by atoms with van der Waals surface area (Å²) in [5.41, 5.74) is 7.34. The van der Waals surface area contributed by atoms with Crippen molar-refractivity contribution in [2.45, 2.75) is 158 Å². The van der Waals surface area contributed by atoms with Gasteiger partial charge in [-0.1, -0.05) is 75.7 Å². The number of rotatable bonds is 24. The molecule has 24 heteroatoms. The van der Waals surface area contributed by atoms with Gasteiger partial charge in [-0.2, -0.15) is 0 Å². The Hall–Kier alpha value is -6.99. The second kappa shape index (κ2) is 25.1. The number of benzene rings is 2. The zero-order valence-corrected chi connectivity index (χ0v) is 51.5. The Morgan fingerprint density at radius 1 is 0.898 bits per heavy atom. The fourth-order valence-corrected chi connectivity index (χ4v) is 16.9. The maximum Gasteiger partial charge on any atom is 0.409 e. The van der Waals surface area contributed by atoms with Gasteiger partial charge in [-0.15, -0.1) is 11.8 Å². The van der Waals surface area contributed by atoms with Crippen molar-refractivity contribution in [2.24, 2.45) is 39.7 Å². The number of fused-ring (bicyclic) bond motifs is 7. The van der Waals surface area contributed by atoms with E-state index in [9.17, 15) is 53.4 Å². The zero-order valence-electron chi connectivity index (χ0n) is 50.7. The summed E-state index contributed by atoms with van der Waals surface area (Å²) in [6, 6.07) is 13.0. The van der Waals surface area contributed by atoms with Crippen molar-refractivity contribution in [3.05, 3.63) is 89.0 Å². The second-order valence-electron chi connectivity index (χ2n) is 26.5. The van der Waals surface area contributed by atoms with Crippen LogP contribution in [0.15, 0.2) is 72.3 Å². The van der Waals surface area contributed by atoms with Gasteiger partial charge < -0.3 is 60.6 Å². The van der Waals surface area contributed by atoms with E-state index in [1.165, 1.54) is 53.4 Å². The first-order valence-electron chi connectivity index (χ1n) is 30.4. The number of likely N-dealkylation sites (N-methyl/N-ethyl adjacent to an activating group) is 2. The van der Waals surface area contributed by atoms with Gasteiger partial charge in [0, 0.05) is 86.5 Å². The number of nitrogens with zero attached hydrogens (tertiary/aromatic N) is 3. The number of aliphatic hydroxyl groups is 1. The van der Waals surface area contributed by atoms with Crippen molar-refractivity contribution in [2.75, 3.05) is 52.2 Å². The average molecular weight is 1240 g/mol. The highest BCUT2D eigenvalue weighted by molar-refractivity contribution is 8.01. The summed E-state index contributed by atoms with van der Waals surface area (Å²) in [5.74, 6) is -4.95. The predicted molar refractivity (Wildman–Crippen MR) is 319 cm³/mol. The zero-order chi connectivity index (χ0) is 63.3. The van der Waals surface area contributed by atoms with E-state index >= 15 is 4.79 Å². The fraction of sp³-hybridized carbons (Fsp3) is 0.594. The van der Waals surface area contributed by atoms with Crippen molar-refractivity contribution in [1.82, 2.24) is 25.3 Å². The third kappa shape index (κ3) is 12.8. The van der Waals surface area contributed by atoms with E-state index in [1.807, 2.05) is 39.0 Å². The lowest BCUT2D eigenvalue weighted by atomic mass is 9.38. The molecule has 7 N–H and O–H groups in total. The van der Waals surface area contributed by atoms with Gasteiger partial charge in [0.2, 0.25) is 35.3 Å². The van der Waals surface area contributed by atoms with Gasteiger partial charge in [0.05, 0.1) is 24.0 Å². The van der Waals surface area contributed by atoms with Crippen LogP contribution in [0.25, 0.3) is 0 Å². The molecule has 0 spiro atoms. The number of aliphatic carboxylic acids is 1. The first kappa shape index (κ1) is 64.0. The molecule has 9 aliphatic rings. The molecular formula is C64H81N7O16S. The second-order valence-corrected chi connectivity index (χ2v) is 28.3. The maximum atomic E-state index is 15.1. The molecule has 2 aromatic carbocycles. The highest BCUT2D eigenvalue weighted by Gasteiger charge is 2.76.